The summed E-state index contributed by atoms with van der Waals surface area (Å²) in [7, 11) is 3.85. The standard InChI is InChI=1S/C38H43N7O4/c1-42-19-8-13-30(42)26-48-37-40-32-24-43(33-14-6-11-28-12-7-15-34(47-2)35(28)33)20-17-31(32)36(41-37)44-21-22-45(29(23-44)16-18-39)38(46)49-25-27-9-4-3-5-10-27/h3-7,9-12,14-15,29-30H,8,13,16-17,19-26H2,1-2H3/t29-,30-/m0/s1. The largest absolute Gasteiger partial charge is 0.496 e. The van der Waals surface area contributed by atoms with E-state index in [1.54, 1.807) is 12.0 Å². The van der Waals surface area contributed by atoms with Crippen LogP contribution in [-0.4, -0.2) is 91.4 Å². The van der Waals surface area contributed by atoms with Crippen LogP contribution in [0.4, 0.5) is 16.3 Å². The first-order valence-corrected chi connectivity index (χ1v) is 17.1. The molecule has 254 valence electrons. The minimum atomic E-state index is -0.403. The predicted molar refractivity (Wildman–Crippen MR) is 188 cm³/mol. The molecule has 49 heavy (non-hydrogen) atoms. The van der Waals surface area contributed by atoms with Gasteiger partial charge < -0.3 is 33.8 Å². The zero-order valence-electron chi connectivity index (χ0n) is 28.3. The molecule has 0 spiro atoms. The lowest BCUT2D eigenvalue weighted by Gasteiger charge is -2.42. The van der Waals surface area contributed by atoms with E-state index in [-0.39, 0.29) is 19.1 Å². The summed E-state index contributed by atoms with van der Waals surface area (Å²) in [5.41, 5.74) is 4.04. The first kappa shape index (κ1) is 32.5. The second-order valence-electron chi connectivity index (χ2n) is 13.0. The lowest BCUT2D eigenvalue weighted by Crippen LogP contribution is -2.55. The molecule has 3 aromatic carbocycles. The Morgan fingerprint density at radius 1 is 0.959 bits per heavy atom. The number of nitrogens with zero attached hydrogens (tertiary/aromatic N) is 7. The molecule has 1 amide bonds. The van der Waals surface area contributed by atoms with E-state index in [0.29, 0.717) is 44.8 Å². The van der Waals surface area contributed by atoms with Gasteiger partial charge in [0.05, 0.1) is 37.9 Å². The van der Waals surface area contributed by atoms with E-state index in [1.165, 1.54) is 0 Å². The van der Waals surface area contributed by atoms with Crippen molar-refractivity contribution >= 4 is 28.4 Å². The van der Waals surface area contributed by atoms with Gasteiger partial charge in [0, 0.05) is 48.9 Å². The molecule has 4 aromatic rings. The zero-order valence-corrected chi connectivity index (χ0v) is 28.3. The van der Waals surface area contributed by atoms with E-state index < -0.39 is 6.09 Å². The lowest BCUT2D eigenvalue weighted by molar-refractivity contribution is 0.0767. The first-order chi connectivity index (χ1) is 24.0. The lowest BCUT2D eigenvalue weighted by atomic mass is 10.0. The average Bonchev–Trinajstić information content (AvgIpc) is 3.56. The Balaban J connectivity index is 1.16. The molecule has 7 rings (SSSR count). The maximum absolute atomic E-state index is 13.2. The minimum Gasteiger partial charge on any atom is -0.496 e. The van der Waals surface area contributed by atoms with Gasteiger partial charge in [-0.25, -0.2) is 4.79 Å². The highest BCUT2D eigenvalue weighted by atomic mass is 16.6. The summed E-state index contributed by atoms with van der Waals surface area (Å²) in [6, 6.07) is 24.8. The number of hydrogen-bond acceptors (Lipinski definition) is 10. The second-order valence-corrected chi connectivity index (χ2v) is 13.0. The zero-order chi connectivity index (χ0) is 33.7. The summed E-state index contributed by atoms with van der Waals surface area (Å²) < 4.78 is 17.8. The molecule has 11 nitrogen and oxygen atoms in total. The smallest absolute Gasteiger partial charge is 0.410 e. The highest BCUT2D eigenvalue weighted by Gasteiger charge is 2.35. The van der Waals surface area contributed by atoms with Crippen LogP contribution >= 0.6 is 0 Å². The van der Waals surface area contributed by atoms with Crippen LogP contribution in [0.2, 0.25) is 0 Å². The number of aromatic nitrogens is 2. The molecule has 0 aliphatic carbocycles. The number of fused-ring (bicyclic) bond motifs is 2. The number of rotatable bonds is 9. The molecule has 2 saturated heterocycles. The Morgan fingerprint density at radius 2 is 1.80 bits per heavy atom. The van der Waals surface area contributed by atoms with Crippen molar-refractivity contribution < 1.29 is 19.0 Å². The number of likely N-dealkylation sites (N-methyl/N-ethyl adjacent to an activating group) is 1. The summed E-state index contributed by atoms with van der Waals surface area (Å²) in [6.07, 6.45) is 2.77. The number of likely N-dealkylation sites (tertiary alicyclic amines) is 1. The summed E-state index contributed by atoms with van der Waals surface area (Å²) in [4.78, 5) is 31.9. The average molecular weight is 662 g/mol. The molecule has 3 aliphatic heterocycles. The van der Waals surface area contributed by atoms with Crippen molar-refractivity contribution in [1.82, 2.24) is 19.8 Å². The van der Waals surface area contributed by atoms with Gasteiger partial charge in [-0.05, 0) is 55.9 Å². The molecule has 0 radical (unpaired) electrons. The van der Waals surface area contributed by atoms with Gasteiger partial charge >= 0.3 is 12.1 Å². The number of piperazine rings is 1. The van der Waals surface area contributed by atoms with Crippen molar-refractivity contribution in [1.29, 1.82) is 5.26 Å². The summed E-state index contributed by atoms with van der Waals surface area (Å²) in [5, 5.41) is 12.0. The number of amides is 1. The second kappa shape index (κ2) is 14.6. The third-order valence-corrected chi connectivity index (χ3v) is 10.1. The van der Waals surface area contributed by atoms with Gasteiger partial charge in [0.15, 0.2) is 0 Å². The van der Waals surface area contributed by atoms with Gasteiger partial charge in [0.25, 0.3) is 0 Å². The highest BCUT2D eigenvalue weighted by Crippen LogP contribution is 2.38. The molecule has 0 unspecified atom stereocenters. The number of carbonyl (C=O) groups excluding carboxylic acids is 1. The van der Waals surface area contributed by atoms with Crippen LogP contribution in [0.15, 0.2) is 66.7 Å². The van der Waals surface area contributed by atoms with Crippen LogP contribution in [0.3, 0.4) is 0 Å². The normalized spacial score (nSPS) is 19.4. The Morgan fingerprint density at radius 3 is 2.57 bits per heavy atom. The van der Waals surface area contributed by atoms with Crippen LogP contribution < -0.4 is 19.3 Å². The topological polar surface area (TPSA) is 107 Å². The summed E-state index contributed by atoms with van der Waals surface area (Å²) in [5.74, 6) is 1.67. The van der Waals surface area contributed by atoms with E-state index in [2.05, 4.69) is 52.1 Å². The number of methoxy groups -OCH3 is 1. The molecular formula is C38H43N7O4. The molecule has 4 heterocycles. The molecule has 1 aromatic heterocycles. The fourth-order valence-corrected chi connectivity index (χ4v) is 7.37. The van der Waals surface area contributed by atoms with Gasteiger partial charge in [0.2, 0.25) is 0 Å². The molecule has 0 saturated carbocycles. The van der Waals surface area contributed by atoms with E-state index in [0.717, 1.165) is 77.2 Å². The van der Waals surface area contributed by atoms with Gasteiger partial charge in [-0.2, -0.15) is 15.2 Å². The Labute approximate surface area is 287 Å². The minimum absolute atomic E-state index is 0.189. The SMILES string of the molecule is COc1cccc2cccc(N3CCc4c(nc(OC[C@@H]5CCCN5C)nc4N4CCN(C(=O)OCc5ccccc5)[C@@H](CC#N)C4)C3)c12. The number of ether oxygens (including phenoxy) is 3. The van der Waals surface area contributed by atoms with Crippen molar-refractivity contribution in [3.8, 4) is 17.8 Å². The van der Waals surface area contributed by atoms with Crippen molar-refractivity contribution in [2.45, 2.75) is 50.9 Å². The third-order valence-electron chi connectivity index (χ3n) is 10.1. The van der Waals surface area contributed by atoms with Crippen LogP contribution in [0.1, 0.15) is 36.1 Å². The number of hydrogen-bond donors (Lipinski definition) is 0. The van der Waals surface area contributed by atoms with Gasteiger partial charge in [-0.15, -0.1) is 0 Å². The fourth-order valence-electron chi connectivity index (χ4n) is 7.37. The number of benzene rings is 3. The van der Waals surface area contributed by atoms with E-state index in [4.69, 9.17) is 24.2 Å². The van der Waals surface area contributed by atoms with E-state index >= 15 is 0 Å². The Hall–Kier alpha value is -5.08. The highest BCUT2D eigenvalue weighted by molar-refractivity contribution is 5.99. The van der Waals surface area contributed by atoms with Crippen LogP contribution in [0.25, 0.3) is 10.8 Å². The molecule has 0 bridgehead atoms. The molecule has 11 heteroatoms. The molecule has 2 atom stereocenters. The molecular weight excluding hydrogens is 618 g/mol. The molecule has 2 fully saturated rings. The van der Waals surface area contributed by atoms with Gasteiger partial charge in [-0.3, -0.25) is 0 Å². The van der Waals surface area contributed by atoms with Gasteiger partial charge in [0.1, 0.15) is 24.8 Å². The molecule has 3 aliphatic rings. The Bertz CT molecular complexity index is 1830. The van der Waals surface area contributed by atoms with E-state index in [1.807, 2.05) is 42.5 Å². The summed E-state index contributed by atoms with van der Waals surface area (Å²) >= 11 is 0. The molecule has 0 N–H and O–H groups in total. The quantitative estimate of drug-likeness (QED) is 0.231. The Kier molecular flexibility index (Phi) is 9.66. The number of carbonyl (C=O) groups is 1. The maximum atomic E-state index is 13.2. The maximum Gasteiger partial charge on any atom is 0.410 e. The van der Waals surface area contributed by atoms with Crippen molar-refractivity contribution in [2.24, 2.45) is 0 Å². The number of nitriles is 1. The third kappa shape index (κ3) is 6.92. The van der Waals surface area contributed by atoms with Gasteiger partial charge in [-0.1, -0.05) is 54.6 Å². The first-order valence-electron chi connectivity index (χ1n) is 17.1. The van der Waals surface area contributed by atoms with Crippen LogP contribution in [0, 0.1) is 11.3 Å². The number of anilines is 2. The van der Waals surface area contributed by atoms with E-state index in [9.17, 15) is 10.1 Å². The predicted octanol–water partition coefficient (Wildman–Crippen LogP) is 5.42. The fraction of sp³-hybridized carbons (Fsp3) is 0.421. The monoisotopic (exact) mass is 661 g/mol. The van der Waals surface area contributed by atoms with Crippen molar-refractivity contribution in [3.05, 3.63) is 83.6 Å². The van der Waals surface area contributed by atoms with Crippen LogP contribution in [-0.2, 0) is 24.3 Å². The van der Waals surface area contributed by atoms with Crippen LogP contribution in [0.5, 0.6) is 11.8 Å². The van der Waals surface area contributed by atoms with Crippen molar-refractivity contribution in [2.75, 3.05) is 63.3 Å². The summed E-state index contributed by atoms with van der Waals surface area (Å²) in [6.45, 7) is 4.59. The van der Waals surface area contributed by atoms with Crippen molar-refractivity contribution in [3.63, 3.8) is 0 Å².